The van der Waals surface area contributed by atoms with Crippen molar-refractivity contribution in [1.82, 2.24) is 14.9 Å². The van der Waals surface area contributed by atoms with Crippen LogP contribution in [0.25, 0.3) is 0 Å². The highest BCUT2D eigenvalue weighted by atomic mass is 19.4. The lowest BCUT2D eigenvalue weighted by molar-refractivity contribution is -0.154. The highest BCUT2D eigenvalue weighted by Gasteiger charge is 2.34. The van der Waals surface area contributed by atoms with Crippen LogP contribution >= 0.6 is 0 Å². The number of ether oxygens (including phenoxy) is 1. The molecule has 1 unspecified atom stereocenters. The predicted octanol–water partition coefficient (Wildman–Crippen LogP) is 4.70. The fourth-order valence-corrected chi connectivity index (χ4v) is 3.73. The van der Waals surface area contributed by atoms with Crippen molar-refractivity contribution in [2.45, 2.75) is 32.6 Å². The monoisotopic (exact) mass is 470 g/mol. The second-order valence-corrected chi connectivity index (χ2v) is 7.91. The zero-order valence-corrected chi connectivity index (χ0v) is 18.4. The molecular weight excluding hydrogens is 449 g/mol. The number of halogens is 3. The molecule has 176 valence electrons. The van der Waals surface area contributed by atoms with E-state index in [0.29, 0.717) is 33.6 Å². The molecule has 0 saturated carbocycles. The Hall–Kier alpha value is -3.95. The lowest BCUT2D eigenvalue weighted by Gasteiger charge is -2.25. The van der Waals surface area contributed by atoms with Crippen LogP contribution in [0, 0.1) is 6.92 Å². The van der Waals surface area contributed by atoms with Gasteiger partial charge in [0.15, 0.2) is 6.61 Å². The van der Waals surface area contributed by atoms with Gasteiger partial charge in [0.05, 0.1) is 12.6 Å². The molecule has 2 aromatic heterocycles. The molecule has 0 spiro atoms. The average Bonchev–Trinajstić information content (AvgIpc) is 3.15. The molecule has 34 heavy (non-hydrogen) atoms. The minimum Gasteiger partial charge on any atom is -0.468 e. The molecule has 1 aliphatic heterocycles. The van der Waals surface area contributed by atoms with Crippen LogP contribution in [0.3, 0.4) is 0 Å². The Kier molecular flexibility index (Phi) is 6.23. The fraction of sp³-hybridized carbons (Fsp3) is 0.250. The van der Waals surface area contributed by atoms with Crippen LogP contribution in [0.4, 0.5) is 19.0 Å². The molecule has 1 atom stereocenters. The van der Waals surface area contributed by atoms with E-state index in [1.165, 1.54) is 12.4 Å². The largest absolute Gasteiger partial charge is 0.468 e. The average molecular weight is 470 g/mol. The van der Waals surface area contributed by atoms with Gasteiger partial charge in [0.25, 0.3) is 11.8 Å². The highest BCUT2D eigenvalue weighted by molar-refractivity contribution is 6.06. The molecule has 0 aliphatic carbocycles. The number of pyridine rings is 2. The lowest BCUT2D eigenvalue weighted by Crippen LogP contribution is -2.27. The van der Waals surface area contributed by atoms with E-state index in [0.717, 1.165) is 0 Å². The van der Waals surface area contributed by atoms with Gasteiger partial charge in [0.2, 0.25) is 5.88 Å². The Balaban J connectivity index is 1.52. The first kappa shape index (κ1) is 23.2. The van der Waals surface area contributed by atoms with Crippen molar-refractivity contribution in [3.63, 3.8) is 0 Å². The number of anilines is 1. The number of aryl methyl sites for hydroxylation is 1. The minimum atomic E-state index is -4.46. The SMILES string of the molecule is Cc1cc(C(C)N2Cc3c(ccnc3NC(=O)c3ccccc3)C2=O)cnc1OCC(F)(F)F. The lowest BCUT2D eigenvalue weighted by atomic mass is 10.1. The molecule has 3 heterocycles. The van der Waals surface area contributed by atoms with Crippen LogP contribution < -0.4 is 10.1 Å². The number of benzene rings is 1. The van der Waals surface area contributed by atoms with Crippen molar-refractivity contribution in [2.24, 2.45) is 0 Å². The number of carbonyl (C=O) groups excluding carboxylic acids is 2. The summed E-state index contributed by atoms with van der Waals surface area (Å²) in [4.78, 5) is 35.5. The molecule has 0 bridgehead atoms. The van der Waals surface area contributed by atoms with Crippen molar-refractivity contribution < 1.29 is 27.5 Å². The second-order valence-electron chi connectivity index (χ2n) is 7.91. The highest BCUT2D eigenvalue weighted by Crippen LogP contribution is 2.35. The molecule has 3 aromatic rings. The van der Waals surface area contributed by atoms with Gasteiger partial charge in [-0.25, -0.2) is 9.97 Å². The third-order valence-corrected chi connectivity index (χ3v) is 5.52. The number of amides is 2. The summed E-state index contributed by atoms with van der Waals surface area (Å²) in [6.45, 7) is 2.17. The van der Waals surface area contributed by atoms with Crippen LogP contribution in [0.5, 0.6) is 5.88 Å². The third kappa shape index (κ3) is 4.85. The molecule has 0 radical (unpaired) electrons. The predicted molar refractivity (Wildman–Crippen MR) is 117 cm³/mol. The first-order valence-corrected chi connectivity index (χ1v) is 10.5. The van der Waals surface area contributed by atoms with Crippen molar-refractivity contribution >= 4 is 17.6 Å². The van der Waals surface area contributed by atoms with E-state index in [2.05, 4.69) is 15.3 Å². The number of fused-ring (bicyclic) bond motifs is 1. The van der Waals surface area contributed by atoms with E-state index < -0.39 is 18.8 Å². The smallest absolute Gasteiger partial charge is 0.422 e. The Morgan fingerprint density at radius 3 is 2.62 bits per heavy atom. The van der Waals surface area contributed by atoms with E-state index in [1.54, 1.807) is 61.2 Å². The molecular formula is C24H21F3N4O3. The number of carbonyl (C=O) groups is 2. The summed E-state index contributed by atoms with van der Waals surface area (Å²) < 4.78 is 42.1. The molecule has 0 fully saturated rings. The van der Waals surface area contributed by atoms with Gasteiger partial charge in [0.1, 0.15) is 5.82 Å². The van der Waals surface area contributed by atoms with E-state index in [-0.39, 0.29) is 24.2 Å². The Labute approximate surface area is 193 Å². The van der Waals surface area contributed by atoms with Gasteiger partial charge in [-0.05, 0) is 43.7 Å². The quantitative estimate of drug-likeness (QED) is 0.565. The third-order valence-electron chi connectivity index (χ3n) is 5.52. The number of rotatable bonds is 6. The van der Waals surface area contributed by atoms with Crippen LogP contribution in [-0.4, -0.2) is 39.5 Å². The molecule has 7 nitrogen and oxygen atoms in total. The van der Waals surface area contributed by atoms with Gasteiger partial charge in [-0.1, -0.05) is 18.2 Å². The van der Waals surface area contributed by atoms with Gasteiger partial charge < -0.3 is 15.0 Å². The number of nitrogens with one attached hydrogen (secondary N) is 1. The van der Waals surface area contributed by atoms with Crippen molar-refractivity contribution in [3.8, 4) is 5.88 Å². The van der Waals surface area contributed by atoms with E-state index >= 15 is 0 Å². The van der Waals surface area contributed by atoms with Crippen molar-refractivity contribution in [1.29, 1.82) is 0 Å². The standard InChI is InChI=1S/C24H21F3N4O3/c1-14-10-17(11-29-22(14)34-13-24(25,26)27)15(2)31-12-19-18(23(31)33)8-9-28-20(19)30-21(32)16-6-4-3-5-7-16/h3-11,15H,12-13H2,1-2H3,(H,28,30,32). The summed E-state index contributed by atoms with van der Waals surface area (Å²) >= 11 is 0. The van der Waals surface area contributed by atoms with Crippen LogP contribution in [0.2, 0.25) is 0 Å². The normalized spacial score (nSPS) is 14.0. The summed E-state index contributed by atoms with van der Waals surface area (Å²) in [6.07, 6.45) is -1.60. The van der Waals surface area contributed by atoms with E-state index in [9.17, 15) is 22.8 Å². The molecule has 0 saturated heterocycles. The van der Waals surface area contributed by atoms with Gasteiger partial charge in [-0.3, -0.25) is 9.59 Å². The Morgan fingerprint density at radius 1 is 1.21 bits per heavy atom. The number of hydrogen-bond donors (Lipinski definition) is 1. The number of nitrogens with zero attached hydrogens (tertiary/aromatic N) is 3. The Morgan fingerprint density at radius 2 is 1.94 bits per heavy atom. The van der Waals surface area contributed by atoms with Crippen LogP contribution in [0.15, 0.2) is 54.9 Å². The first-order valence-electron chi connectivity index (χ1n) is 10.5. The molecule has 10 heteroatoms. The Bertz CT molecular complexity index is 1230. The van der Waals surface area contributed by atoms with Crippen molar-refractivity contribution in [3.05, 3.63) is 82.7 Å². The number of aromatic nitrogens is 2. The maximum absolute atomic E-state index is 13.1. The first-order chi connectivity index (χ1) is 16.1. The van der Waals surface area contributed by atoms with Crippen LogP contribution in [-0.2, 0) is 6.54 Å². The summed E-state index contributed by atoms with van der Waals surface area (Å²) in [5.74, 6) is -0.385. The van der Waals surface area contributed by atoms with E-state index in [1.807, 2.05) is 0 Å². The molecule has 1 N–H and O–H groups in total. The maximum Gasteiger partial charge on any atom is 0.422 e. The zero-order valence-electron chi connectivity index (χ0n) is 18.4. The van der Waals surface area contributed by atoms with Gasteiger partial charge in [-0.2, -0.15) is 13.2 Å². The number of hydrogen-bond acceptors (Lipinski definition) is 5. The maximum atomic E-state index is 13.1. The zero-order chi connectivity index (χ0) is 24.5. The molecule has 4 rings (SSSR count). The van der Waals surface area contributed by atoms with Crippen molar-refractivity contribution in [2.75, 3.05) is 11.9 Å². The molecule has 1 aliphatic rings. The summed E-state index contributed by atoms with van der Waals surface area (Å²) in [6, 6.07) is 11.5. The van der Waals surface area contributed by atoms with E-state index in [4.69, 9.17) is 4.74 Å². The summed E-state index contributed by atoms with van der Waals surface area (Å²) in [5, 5.41) is 2.77. The van der Waals surface area contributed by atoms with Gasteiger partial charge >= 0.3 is 6.18 Å². The topological polar surface area (TPSA) is 84.4 Å². The fourth-order valence-electron chi connectivity index (χ4n) is 3.73. The van der Waals surface area contributed by atoms with Crippen LogP contribution in [0.1, 0.15) is 50.4 Å². The molecule has 1 aromatic carbocycles. The summed E-state index contributed by atoms with van der Waals surface area (Å²) in [7, 11) is 0. The van der Waals surface area contributed by atoms with Gasteiger partial charge in [0, 0.05) is 34.6 Å². The summed E-state index contributed by atoms with van der Waals surface area (Å²) in [5.41, 5.74) is 2.56. The number of alkyl halides is 3. The molecule has 2 amide bonds. The minimum absolute atomic E-state index is 0.112. The second kappa shape index (κ2) is 9.12. The van der Waals surface area contributed by atoms with Gasteiger partial charge in [-0.15, -0.1) is 0 Å².